The first-order valence-corrected chi connectivity index (χ1v) is 9.66. The van der Waals surface area contributed by atoms with E-state index in [4.69, 9.17) is 0 Å². The summed E-state index contributed by atoms with van der Waals surface area (Å²) in [6.45, 7) is 3.34. The first-order valence-electron chi connectivity index (χ1n) is 9.66. The van der Waals surface area contributed by atoms with E-state index in [0.717, 1.165) is 24.8 Å². The minimum atomic E-state index is -1.56. The SMILES string of the molecule is C[C@]12C=CC(=O)C=C1CC[C@H]1[C@H]2[C@H](O)C[C@]2(C)[C@@H]1CC[C@@]2(O)C(=O)CO. The fourth-order valence-corrected chi connectivity index (χ4v) is 6.92. The first-order chi connectivity index (χ1) is 12.2. The number of Topliss-reactive ketones (excluding diaryl/α,β-unsaturated/α-hetero) is 1. The maximum atomic E-state index is 12.4. The van der Waals surface area contributed by atoms with E-state index in [0.29, 0.717) is 12.8 Å². The van der Waals surface area contributed by atoms with Gasteiger partial charge >= 0.3 is 0 Å². The van der Waals surface area contributed by atoms with Crippen molar-refractivity contribution in [3.05, 3.63) is 23.8 Å². The van der Waals surface area contributed by atoms with Gasteiger partial charge in [0.2, 0.25) is 0 Å². The zero-order valence-electron chi connectivity index (χ0n) is 15.4. The summed E-state index contributed by atoms with van der Waals surface area (Å²) < 4.78 is 0. The van der Waals surface area contributed by atoms with Crippen LogP contribution in [0.2, 0.25) is 0 Å². The van der Waals surface area contributed by atoms with Crippen LogP contribution < -0.4 is 0 Å². The van der Waals surface area contributed by atoms with Crippen LogP contribution in [-0.4, -0.2) is 45.2 Å². The highest BCUT2D eigenvalue weighted by Gasteiger charge is 2.67. The number of carbonyl (C=O) groups excluding carboxylic acids is 2. The molecule has 0 bridgehead atoms. The van der Waals surface area contributed by atoms with Crippen molar-refractivity contribution in [3.8, 4) is 0 Å². The van der Waals surface area contributed by atoms with E-state index in [1.807, 2.05) is 13.0 Å². The zero-order chi connectivity index (χ0) is 18.9. The standard InChI is InChI=1S/C21H28O5/c1-19-7-5-13(23)9-12(19)3-4-14-15-6-8-21(26,17(25)11-22)20(15,2)10-16(24)18(14)19/h5,7,9,14-16,18,22,24,26H,3-4,6,8,10-11H2,1-2H3/t14-,15-,16-,18+,19+,20-,21-/m1/s1. The van der Waals surface area contributed by atoms with Gasteiger partial charge in [-0.05, 0) is 56.1 Å². The van der Waals surface area contributed by atoms with E-state index in [-0.39, 0.29) is 29.0 Å². The van der Waals surface area contributed by atoms with E-state index in [9.17, 15) is 24.9 Å². The van der Waals surface area contributed by atoms with Gasteiger partial charge in [0.25, 0.3) is 0 Å². The minimum absolute atomic E-state index is 0.00912. The Kier molecular flexibility index (Phi) is 3.89. The zero-order valence-corrected chi connectivity index (χ0v) is 15.4. The Morgan fingerprint density at radius 1 is 1.31 bits per heavy atom. The molecule has 0 spiro atoms. The van der Waals surface area contributed by atoms with Crippen LogP contribution in [0.15, 0.2) is 23.8 Å². The Labute approximate surface area is 153 Å². The molecule has 0 unspecified atom stereocenters. The first kappa shape index (κ1) is 18.1. The topological polar surface area (TPSA) is 94.8 Å². The summed E-state index contributed by atoms with van der Waals surface area (Å²) in [5, 5.41) is 31.7. The molecule has 5 heteroatoms. The van der Waals surface area contributed by atoms with Gasteiger partial charge in [0.15, 0.2) is 11.6 Å². The minimum Gasteiger partial charge on any atom is -0.393 e. The lowest BCUT2D eigenvalue weighted by Gasteiger charge is -2.59. The van der Waals surface area contributed by atoms with Crippen molar-refractivity contribution in [2.75, 3.05) is 6.61 Å². The molecular formula is C21H28O5. The highest BCUT2D eigenvalue weighted by Crippen LogP contribution is 2.67. The van der Waals surface area contributed by atoms with Crippen molar-refractivity contribution in [1.82, 2.24) is 0 Å². The van der Waals surface area contributed by atoms with Crippen LogP contribution in [0.25, 0.3) is 0 Å². The van der Waals surface area contributed by atoms with Gasteiger partial charge in [-0.2, -0.15) is 0 Å². The number of ketones is 2. The van der Waals surface area contributed by atoms with Gasteiger partial charge in [0.05, 0.1) is 6.10 Å². The predicted octanol–water partition coefficient (Wildman–Crippen LogP) is 1.56. The summed E-state index contributed by atoms with van der Waals surface area (Å²) in [7, 11) is 0. The number of hydrogen-bond donors (Lipinski definition) is 3. The van der Waals surface area contributed by atoms with E-state index in [1.54, 1.807) is 12.2 Å². The monoisotopic (exact) mass is 360 g/mol. The summed E-state index contributed by atoms with van der Waals surface area (Å²) in [4.78, 5) is 24.2. The van der Waals surface area contributed by atoms with E-state index >= 15 is 0 Å². The van der Waals surface area contributed by atoms with Crippen molar-refractivity contribution >= 4 is 11.6 Å². The van der Waals surface area contributed by atoms with Gasteiger partial charge in [-0.25, -0.2) is 0 Å². The Balaban J connectivity index is 1.75. The molecule has 0 saturated heterocycles. The number of fused-ring (bicyclic) bond motifs is 5. The summed E-state index contributed by atoms with van der Waals surface area (Å²) in [5.74, 6) is -0.227. The Morgan fingerprint density at radius 3 is 2.73 bits per heavy atom. The van der Waals surface area contributed by atoms with E-state index < -0.39 is 29.5 Å². The Hall–Kier alpha value is -1.30. The molecule has 4 aliphatic rings. The molecule has 0 aromatic carbocycles. The van der Waals surface area contributed by atoms with Gasteiger partial charge in [0, 0.05) is 16.7 Å². The third-order valence-electron chi connectivity index (χ3n) is 8.25. The molecule has 0 amide bonds. The Bertz CT molecular complexity index is 724. The molecule has 0 aromatic heterocycles. The van der Waals surface area contributed by atoms with Crippen molar-refractivity contribution in [3.63, 3.8) is 0 Å². The molecule has 5 nitrogen and oxygen atoms in total. The number of rotatable bonds is 2. The molecular weight excluding hydrogens is 332 g/mol. The molecule has 26 heavy (non-hydrogen) atoms. The predicted molar refractivity (Wildman–Crippen MR) is 95.0 cm³/mol. The van der Waals surface area contributed by atoms with Crippen LogP contribution in [0.3, 0.4) is 0 Å². The van der Waals surface area contributed by atoms with Crippen LogP contribution in [0, 0.1) is 28.6 Å². The molecule has 3 saturated carbocycles. The lowest BCUT2D eigenvalue weighted by atomic mass is 9.46. The highest BCUT2D eigenvalue weighted by molar-refractivity contribution is 6.01. The lowest BCUT2D eigenvalue weighted by Crippen LogP contribution is -2.61. The quantitative estimate of drug-likeness (QED) is 0.695. The molecule has 3 fully saturated rings. The summed E-state index contributed by atoms with van der Waals surface area (Å²) in [6.07, 6.45) is 7.68. The van der Waals surface area contributed by atoms with Crippen molar-refractivity contribution < 1.29 is 24.9 Å². The Morgan fingerprint density at radius 2 is 2.04 bits per heavy atom. The summed E-state index contributed by atoms with van der Waals surface area (Å²) in [5.41, 5.74) is -1.54. The number of carbonyl (C=O) groups is 2. The van der Waals surface area contributed by atoms with Crippen LogP contribution in [-0.2, 0) is 9.59 Å². The van der Waals surface area contributed by atoms with Gasteiger partial charge in [-0.3, -0.25) is 9.59 Å². The van der Waals surface area contributed by atoms with Gasteiger partial charge in [-0.1, -0.05) is 25.5 Å². The fraction of sp³-hybridized carbons (Fsp3) is 0.714. The van der Waals surface area contributed by atoms with Crippen LogP contribution in [0.1, 0.15) is 46.0 Å². The van der Waals surface area contributed by atoms with Crippen LogP contribution >= 0.6 is 0 Å². The lowest BCUT2D eigenvalue weighted by molar-refractivity contribution is -0.178. The second-order valence-corrected chi connectivity index (χ2v) is 9.19. The average molecular weight is 360 g/mol. The average Bonchev–Trinajstić information content (AvgIpc) is 2.86. The maximum Gasteiger partial charge on any atom is 0.190 e. The van der Waals surface area contributed by atoms with Crippen molar-refractivity contribution in [2.24, 2.45) is 28.6 Å². The second kappa shape index (κ2) is 5.60. The molecule has 3 N–H and O–H groups in total. The van der Waals surface area contributed by atoms with Gasteiger partial charge in [0.1, 0.15) is 12.2 Å². The largest absolute Gasteiger partial charge is 0.393 e. The van der Waals surface area contributed by atoms with Crippen LogP contribution in [0.5, 0.6) is 0 Å². The van der Waals surface area contributed by atoms with E-state index in [1.165, 1.54) is 0 Å². The number of aliphatic hydroxyl groups is 3. The molecule has 142 valence electrons. The third kappa shape index (κ3) is 2.08. The molecule has 7 atom stereocenters. The highest BCUT2D eigenvalue weighted by atomic mass is 16.3. The number of hydrogen-bond acceptors (Lipinski definition) is 5. The molecule has 0 aliphatic heterocycles. The number of allylic oxidation sites excluding steroid dienone is 4. The molecule has 0 heterocycles. The summed E-state index contributed by atoms with van der Waals surface area (Å²) in [6, 6.07) is 0. The third-order valence-corrected chi connectivity index (χ3v) is 8.25. The van der Waals surface area contributed by atoms with Gasteiger partial charge in [-0.15, -0.1) is 0 Å². The maximum absolute atomic E-state index is 12.4. The fourth-order valence-electron chi connectivity index (χ4n) is 6.92. The van der Waals surface area contributed by atoms with Gasteiger partial charge < -0.3 is 15.3 Å². The smallest absolute Gasteiger partial charge is 0.190 e. The summed E-state index contributed by atoms with van der Waals surface area (Å²) >= 11 is 0. The number of aliphatic hydroxyl groups excluding tert-OH is 2. The molecule has 0 aromatic rings. The van der Waals surface area contributed by atoms with Crippen molar-refractivity contribution in [2.45, 2.75) is 57.7 Å². The molecule has 4 rings (SSSR count). The molecule has 0 radical (unpaired) electrons. The molecule has 4 aliphatic carbocycles. The normalized spacial score (nSPS) is 49.9. The second-order valence-electron chi connectivity index (χ2n) is 9.19. The van der Waals surface area contributed by atoms with Crippen LogP contribution in [0.4, 0.5) is 0 Å². The van der Waals surface area contributed by atoms with Crippen molar-refractivity contribution in [1.29, 1.82) is 0 Å². The van der Waals surface area contributed by atoms with E-state index in [2.05, 4.69) is 6.92 Å².